The Labute approximate surface area is 137 Å². The van der Waals surface area contributed by atoms with E-state index in [1.807, 2.05) is 12.1 Å². The van der Waals surface area contributed by atoms with Gasteiger partial charge in [-0.15, -0.1) is 6.58 Å². The van der Waals surface area contributed by atoms with Crippen LogP contribution in [0.5, 0.6) is 0 Å². The van der Waals surface area contributed by atoms with Gasteiger partial charge in [-0.1, -0.05) is 54.6 Å². The number of benzene rings is 2. The molecule has 0 unspecified atom stereocenters. The van der Waals surface area contributed by atoms with Gasteiger partial charge < -0.3 is 0 Å². The van der Waals surface area contributed by atoms with E-state index in [9.17, 15) is 13.2 Å². The third-order valence-corrected chi connectivity index (χ3v) is 3.65. The molecule has 0 bridgehead atoms. The third-order valence-electron chi connectivity index (χ3n) is 3.65. The predicted molar refractivity (Wildman–Crippen MR) is 87.9 cm³/mol. The molecule has 3 aromatic rings. The van der Waals surface area contributed by atoms with Gasteiger partial charge in [0.15, 0.2) is 5.69 Å². The Hall–Kier alpha value is -2.82. The van der Waals surface area contributed by atoms with E-state index in [1.165, 1.54) is 10.8 Å². The SMILES string of the molecule is C=CCc1c(C(F)(F)F)nn(-c2ccccc2)c1-c1ccccc1. The van der Waals surface area contributed by atoms with Crippen molar-refractivity contribution in [2.45, 2.75) is 12.6 Å². The minimum Gasteiger partial charge on any atom is -0.232 e. The van der Waals surface area contributed by atoms with Gasteiger partial charge in [-0.25, -0.2) is 4.68 Å². The van der Waals surface area contributed by atoms with Gasteiger partial charge in [0, 0.05) is 11.1 Å². The first-order valence-corrected chi connectivity index (χ1v) is 7.43. The van der Waals surface area contributed by atoms with Crippen molar-refractivity contribution in [3.8, 4) is 16.9 Å². The summed E-state index contributed by atoms with van der Waals surface area (Å²) in [6.45, 7) is 3.59. The van der Waals surface area contributed by atoms with E-state index >= 15 is 0 Å². The minimum absolute atomic E-state index is 0.0892. The lowest BCUT2D eigenvalue weighted by Crippen LogP contribution is -2.09. The molecule has 0 N–H and O–H groups in total. The van der Waals surface area contributed by atoms with Crippen LogP contribution in [-0.2, 0) is 12.6 Å². The van der Waals surface area contributed by atoms with Crippen molar-refractivity contribution >= 4 is 0 Å². The normalized spacial score (nSPS) is 11.5. The number of halogens is 3. The van der Waals surface area contributed by atoms with Crippen molar-refractivity contribution < 1.29 is 13.2 Å². The van der Waals surface area contributed by atoms with Gasteiger partial charge in [-0.3, -0.25) is 0 Å². The maximum absolute atomic E-state index is 13.5. The summed E-state index contributed by atoms with van der Waals surface area (Å²) in [4.78, 5) is 0. The molecule has 3 rings (SSSR count). The van der Waals surface area contributed by atoms with Crippen molar-refractivity contribution in [3.05, 3.63) is 84.6 Å². The lowest BCUT2D eigenvalue weighted by atomic mass is 10.0. The fraction of sp³-hybridized carbons (Fsp3) is 0.105. The highest BCUT2D eigenvalue weighted by Crippen LogP contribution is 2.38. The van der Waals surface area contributed by atoms with Crippen LogP contribution in [0.15, 0.2) is 73.3 Å². The van der Waals surface area contributed by atoms with Crippen molar-refractivity contribution in [2.75, 3.05) is 0 Å². The van der Waals surface area contributed by atoms with Gasteiger partial charge in [-0.05, 0) is 18.6 Å². The standard InChI is InChI=1S/C19H15F3N2/c1-2-9-16-17(14-10-5-3-6-11-14)24(15-12-7-4-8-13-15)23-18(16)19(20,21)22/h2-8,10-13H,1,9H2. The second-order valence-electron chi connectivity index (χ2n) is 5.28. The van der Waals surface area contributed by atoms with Crippen LogP contribution in [0.3, 0.4) is 0 Å². The molecule has 1 aromatic heterocycles. The molecule has 0 atom stereocenters. The van der Waals surface area contributed by atoms with E-state index in [4.69, 9.17) is 0 Å². The number of hydrogen-bond donors (Lipinski definition) is 0. The molecule has 0 aliphatic rings. The Morgan fingerprint density at radius 3 is 2.08 bits per heavy atom. The van der Waals surface area contributed by atoms with Crippen molar-refractivity contribution in [1.82, 2.24) is 9.78 Å². The number of para-hydroxylation sites is 1. The van der Waals surface area contributed by atoms with E-state index < -0.39 is 11.9 Å². The quantitative estimate of drug-likeness (QED) is 0.595. The molecule has 1 heterocycles. The van der Waals surface area contributed by atoms with E-state index in [0.29, 0.717) is 16.9 Å². The van der Waals surface area contributed by atoms with E-state index in [2.05, 4.69) is 11.7 Å². The van der Waals surface area contributed by atoms with Crippen LogP contribution in [0.25, 0.3) is 16.9 Å². The Morgan fingerprint density at radius 1 is 0.958 bits per heavy atom. The highest BCUT2D eigenvalue weighted by atomic mass is 19.4. The zero-order chi connectivity index (χ0) is 17.2. The summed E-state index contributed by atoms with van der Waals surface area (Å²) in [5, 5.41) is 3.89. The van der Waals surface area contributed by atoms with E-state index in [0.717, 1.165) is 0 Å². The van der Waals surface area contributed by atoms with Crippen LogP contribution in [-0.4, -0.2) is 9.78 Å². The van der Waals surface area contributed by atoms with Gasteiger partial charge >= 0.3 is 6.18 Å². The summed E-state index contributed by atoms with van der Waals surface area (Å²) in [7, 11) is 0. The molecule has 0 saturated carbocycles. The summed E-state index contributed by atoms with van der Waals surface area (Å²) in [6.07, 6.45) is -2.97. The zero-order valence-corrected chi connectivity index (χ0v) is 12.8. The molecule has 2 aromatic carbocycles. The van der Waals surface area contributed by atoms with Crippen molar-refractivity contribution in [2.24, 2.45) is 0 Å². The van der Waals surface area contributed by atoms with Gasteiger partial charge in [0.05, 0.1) is 11.4 Å². The third kappa shape index (κ3) is 2.97. The van der Waals surface area contributed by atoms with Gasteiger partial charge in [0.2, 0.25) is 0 Å². The lowest BCUT2D eigenvalue weighted by Gasteiger charge is -2.09. The molecule has 0 amide bonds. The highest BCUT2D eigenvalue weighted by molar-refractivity contribution is 5.67. The van der Waals surface area contributed by atoms with Crippen molar-refractivity contribution in [3.63, 3.8) is 0 Å². The van der Waals surface area contributed by atoms with Crippen LogP contribution in [0.1, 0.15) is 11.3 Å². The Balaban J connectivity index is 2.34. The minimum atomic E-state index is -4.53. The number of rotatable bonds is 4. The molecule has 5 heteroatoms. The van der Waals surface area contributed by atoms with Crippen LogP contribution >= 0.6 is 0 Å². The molecule has 0 spiro atoms. The fourth-order valence-corrected chi connectivity index (χ4v) is 2.66. The first kappa shape index (κ1) is 16.1. The van der Waals surface area contributed by atoms with Crippen molar-refractivity contribution in [1.29, 1.82) is 0 Å². The molecule has 0 radical (unpaired) electrons. The molecular weight excluding hydrogens is 313 g/mol. The smallest absolute Gasteiger partial charge is 0.232 e. The number of aromatic nitrogens is 2. The average molecular weight is 328 g/mol. The van der Waals surface area contributed by atoms with E-state index in [-0.39, 0.29) is 12.0 Å². The Bertz CT molecular complexity index is 834. The average Bonchev–Trinajstić information content (AvgIpc) is 2.96. The second kappa shape index (κ2) is 6.35. The molecule has 122 valence electrons. The van der Waals surface area contributed by atoms with E-state index in [1.54, 1.807) is 48.5 Å². The number of nitrogens with zero attached hydrogens (tertiary/aromatic N) is 2. The van der Waals surface area contributed by atoms with Gasteiger partial charge in [-0.2, -0.15) is 18.3 Å². The molecule has 24 heavy (non-hydrogen) atoms. The molecular formula is C19H15F3N2. The summed E-state index contributed by atoms with van der Waals surface area (Å²) in [6, 6.07) is 17.8. The van der Waals surface area contributed by atoms with Gasteiger partial charge in [0.1, 0.15) is 0 Å². The molecule has 0 fully saturated rings. The van der Waals surface area contributed by atoms with Crippen LogP contribution < -0.4 is 0 Å². The topological polar surface area (TPSA) is 17.8 Å². The Morgan fingerprint density at radius 2 is 1.54 bits per heavy atom. The predicted octanol–water partition coefficient (Wildman–Crippen LogP) is 5.29. The largest absolute Gasteiger partial charge is 0.435 e. The second-order valence-corrected chi connectivity index (χ2v) is 5.28. The maximum Gasteiger partial charge on any atom is 0.435 e. The highest BCUT2D eigenvalue weighted by Gasteiger charge is 2.39. The zero-order valence-electron chi connectivity index (χ0n) is 12.8. The fourth-order valence-electron chi connectivity index (χ4n) is 2.66. The summed E-state index contributed by atoms with van der Waals surface area (Å²) >= 11 is 0. The lowest BCUT2D eigenvalue weighted by molar-refractivity contribution is -0.141. The van der Waals surface area contributed by atoms with Crippen LogP contribution in [0.2, 0.25) is 0 Å². The molecule has 0 aliphatic heterocycles. The molecule has 0 saturated heterocycles. The van der Waals surface area contributed by atoms with Crippen LogP contribution in [0, 0.1) is 0 Å². The first-order chi connectivity index (χ1) is 11.5. The Kier molecular flexibility index (Phi) is 4.25. The first-order valence-electron chi connectivity index (χ1n) is 7.43. The number of hydrogen-bond acceptors (Lipinski definition) is 1. The monoisotopic (exact) mass is 328 g/mol. The van der Waals surface area contributed by atoms with Crippen LogP contribution in [0.4, 0.5) is 13.2 Å². The number of allylic oxidation sites excluding steroid dienone is 1. The van der Waals surface area contributed by atoms with Gasteiger partial charge in [0.25, 0.3) is 0 Å². The summed E-state index contributed by atoms with van der Waals surface area (Å²) < 4.78 is 41.8. The maximum atomic E-state index is 13.5. The number of alkyl halides is 3. The molecule has 2 nitrogen and oxygen atoms in total. The summed E-state index contributed by atoms with van der Waals surface area (Å²) in [5.74, 6) is 0. The molecule has 0 aliphatic carbocycles. The summed E-state index contributed by atoms with van der Waals surface area (Å²) in [5.41, 5.74) is 0.963.